The van der Waals surface area contributed by atoms with E-state index in [9.17, 15) is 26.4 Å². The number of hydrogen-bond donors (Lipinski definition) is 0. The van der Waals surface area contributed by atoms with Crippen LogP contribution in [0.4, 0.5) is 13.2 Å². The Morgan fingerprint density at radius 3 is 2.38 bits per heavy atom. The van der Waals surface area contributed by atoms with Crippen molar-refractivity contribution < 1.29 is 35.3 Å². The van der Waals surface area contributed by atoms with E-state index in [0.717, 1.165) is 0 Å². The molecule has 94 valence electrons. The lowest BCUT2D eigenvalue weighted by molar-refractivity contribution is -0.164. The fourth-order valence-corrected chi connectivity index (χ4v) is 1.72. The molecule has 2 unspecified atom stereocenters. The fraction of sp³-hybridized carbons (Fsp3) is 0.857. The quantitative estimate of drug-likeness (QED) is 0.421. The number of cyclic esters (lactones) is 1. The lowest BCUT2D eigenvalue weighted by atomic mass is 10.1. The molecule has 1 aliphatic heterocycles. The van der Waals surface area contributed by atoms with Gasteiger partial charge in [-0.15, -0.1) is 0 Å². The van der Waals surface area contributed by atoms with E-state index >= 15 is 0 Å². The van der Waals surface area contributed by atoms with Crippen LogP contribution in [0.3, 0.4) is 0 Å². The summed E-state index contributed by atoms with van der Waals surface area (Å²) in [6.07, 6.45) is -2.01. The number of alkyl halides is 3. The molecule has 1 aliphatic rings. The first-order valence-corrected chi connectivity index (χ1v) is 5.74. The van der Waals surface area contributed by atoms with Gasteiger partial charge in [-0.3, -0.25) is 0 Å². The van der Waals surface area contributed by atoms with E-state index < -0.39 is 33.8 Å². The Morgan fingerprint density at radius 1 is 1.38 bits per heavy atom. The van der Waals surface area contributed by atoms with Crippen LogP contribution < -0.4 is 0 Å². The summed E-state index contributed by atoms with van der Waals surface area (Å²) < 4.78 is 65.3. The van der Waals surface area contributed by atoms with Gasteiger partial charge >= 0.3 is 21.6 Å². The largest absolute Gasteiger partial charge is 0.523 e. The van der Waals surface area contributed by atoms with Gasteiger partial charge in [0.25, 0.3) is 0 Å². The Hall–Kier alpha value is -0.830. The molecule has 1 heterocycles. The molecular weight excluding hydrogens is 253 g/mol. The van der Waals surface area contributed by atoms with Gasteiger partial charge < -0.3 is 4.74 Å². The van der Waals surface area contributed by atoms with Crippen LogP contribution in [0.5, 0.6) is 0 Å². The maximum absolute atomic E-state index is 11.9. The molecule has 0 N–H and O–H groups in total. The summed E-state index contributed by atoms with van der Waals surface area (Å²) in [4.78, 5) is 11.0. The molecule has 0 saturated carbocycles. The van der Waals surface area contributed by atoms with Crippen molar-refractivity contribution in [2.45, 2.75) is 37.5 Å². The molecule has 9 heteroatoms. The summed E-state index contributed by atoms with van der Waals surface area (Å²) in [7, 11) is -5.75. The monoisotopic (exact) mass is 262 g/mol. The van der Waals surface area contributed by atoms with Gasteiger partial charge in [0.2, 0.25) is 0 Å². The Morgan fingerprint density at radius 2 is 1.94 bits per heavy atom. The van der Waals surface area contributed by atoms with E-state index in [4.69, 9.17) is 0 Å². The number of hydrogen-bond acceptors (Lipinski definition) is 5. The van der Waals surface area contributed by atoms with Crippen molar-refractivity contribution in [2.75, 3.05) is 0 Å². The lowest BCUT2D eigenvalue weighted by Gasteiger charge is -2.25. The minimum atomic E-state index is -5.75. The SMILES string of the molecule is CC1CCC(OS(=O)(=O)C(F)(F)F)C(=O)O1. The van der Waals surface area contributed by atoms with E-state index in [1.54, 1.807) is 6.92 Å². The molecule has 0 spiro atoms. The molecule has 0 aromatic carbocycles. The van der Waals surface area contributed by atoms with Gasteiger partial charge in [0, 0.05) is 0 Å². The second kappa shape index (κ2) is 4.21. The van der Waals surface area contributed by atoms with E-state index in [-0.39, 0.29) is 12.8 Å². The normalized spacial score (nSPS) is 27.6. The van der Waals surface area contributed by atoms with Gasteiger partial charge in [-0.25, -0.2) is 8.98 Å². The molecule has 1 fully saturated rings. The molecule has 5 nitrogen and oxygen atoms in total. The summed E-state index contributed by atoms with van der Waals surface area (Å²) in [5.41, 5.74) is -5.53. The van der Waals surface area contributed by atoms with Gasteiger partial charge in [0.1, 0.15) is 0 Å². The van der Waals surface area contributed by atoms with Crippen molar-refractivity contribution in [3.8, 4) is 0 Å². The van der Waals surface area contributed by atoms with E-state index in [1.807, 2.05) is 0 Å². The summed E-state index contributed by atoms with van der Waals surface area (Å²) in [5.74, 6) is -1.09. The zero-order valence-electron chi connectivity index (χ0n) is 8.15. The summed E-state index contributed by atoms with van der Waals surface area (Å²) in [6, 6.07) is 0. The van der Waals surface area contributed by atoms with Gasteiger partial charge in [-0.2, -0.15) is 21.6 Å². The molecule has 0 amide bonds. The van der Waals surface area contributed by atoms with Gasteiger partial charge in [-0.05, 0) is 19.8 Å². The highest BCUT2D eigenvalue weighted by Crippen LogP contribution is 2.28. The third-order valence-electron chi connectivity index (χ3n) is 1.94. The average Bonchev–Trinajstić information content (AvgIpc) is 2.08. The number of carbonyl (C=O) groups excluding carboxylic acids is 1. The number of ether oxygens (including phenoxy) is 1. The number of halogens is 3. The van der Waals surface area contributed by atoms with Crippen LogP contribution in [0.1, 0.15) is 19.8 Å². The molecule has 0 bridgehead atoms. The van der Waals surface area contributed by atoms with Gasteiger partial charge in [0.15, 0.2) is 6.10 Å². The molecule has 0 aromatic heterocycles. The third-order valence-corrected chi connectivity index (χ3v) is 2.99. The molecule has 0 radical (unpaired) electrons. The molecule has 0 aromatic rings. The van der Waals surface area contributed by atoms with Crippen molar-refractivity contribution >= 4 is 16.1 Å². The molecule has 1 saturated heterocycles. The summed E-state index contributed by atoms with van der Waals surface area (Å²) in [5, 5.41) is 0. The zero-order valence-corrected chi connectivity index (χ0v) is 8.97. The van der Waals surface area contributed by atoms with Gasteiger partial charge in [-0.1, -0.05) is 0 Å². The Labute approximate surface area is 89.6 Å². The Bertz CT molecular complexity index is 374. The Kier molecular flexibility index (Phi) is 3.48. The standard InChI is InChI=1S/C7H9F3O5S/c1-4-2-3-5(6(11)14-4)15-16(12,13)7(8,9)10/h4-5H,2-3H2,1H3. The minimum Gasteiger partial charge on any atom is -0.461 e. The van der Waals surface area contributed by atoms with Crippen LogP contribution in [-0.2, 0) is 23.8 Å². The second-order valence-electron chi connectivity index (χ2n) is 3.31. The first-order valence-electron chi connectivity index (χ1n) is 4.33. The van der Waals surface area contributed by atoms with E-state index in [1.165, 1.54) is 0 Å². The van der Waals surface area contributed by atoms with Crippen LogP contribution in [0.15, 0.2) is 0 Å². The van der Waals surface area contributed by atoms with E-state index in [2.05, 4.69) is 8.92 Å². The van der Waals surface area contributed by atoms with Crippen molar-refractivity contribution in [3.05, 3.63) is 0 Å². The van der Waals surface area contributed by atoms with Crippen LogP contribution in [0.2, 0.25) is 0 Å². The summed E-state index contributed by atoms with van der Waals surface area (Å²) in [6.45, 7) is 1.55. The fourth-order valence-electron chi connectivity index (χ4n) is 1.13. The predicted octanol–water partition coefficient (Wildman–Crippen LogP) is 0.947. The van der Waals surface area contributed by atoms with Crippen molar-refractivity contribution in [3.63, 3.8) is 0 Å². The minimum absolute atomic E-state index is 0.116. The first kappa shape index (κ1) is 13.2. The average molecular weight is 262 g/mol. The maximum atomic E-state index is 11.9. The highest BCUT2D eigenvalue weighted by Gasteiger charge is 2.50. The predicted molar refractivity (Wildman–Crippen MR) is 44.6 cm³/mol. The molecule has 0 aliphatic carbocycles. The highest BCUT2D eigenvalue weighted by atomic mass is 32.2. The van der Waals surface area contributed by atoms with Crippen molar-refractivity contribution in [1.29, 1.82) is 0 Å². The van der Waals surface area contributed by atoms with E-state index in [0.29, 0.717) is 0 Å². The maximum Gasteiger partial charge on any atom is 0.523 e. The van der Waals surface area contributed by atoms with Crippen LogP contribution >= 0.6 is 0 Å². The van der Waals surface area contributed by atoms with Crippen molar-refractivity contribution in [1.82, 2.24) is 0 Å². The Balaban J connectivity index is 2.72. The topological polar surface area (TPSA) is 69.7 Å². The lowest BCUT2D eigenvalue weighted by Crippen LogP contribution is -2.39. The van der Waals surface area contributed by atoms with Crippen molar-refractivity contribution in [2.24, 2.45) is 0 Å². The smallest absolute Gasteiger partial charge is 0.461 e. The summed E-state index contributed by atoms with van der Waals surface area (Å²) >= 11 is 0. The number of esters is 1. The molecule has 2 atom stereocenters. The molecule has 16 heavy (non-hydrogen) atoms. The third kappa shape index (κ3) is 2.85. The zero-order chi connectivity index (χ0) is 12.6. The highest BCUT2D eigenvalue weighted by molar-refractivity contribution is 7.87. The number of rotatable bonds is 2. The molecule has 1 rings (SSSR count). The molecular formula is C7H9F3O5S. The first-order chi connectivity index (χ1) is 7.13. The van der Waals surface area contributed by atoms with Crippen LogP contribution in [0.25, 0.3) is 0 Å². The van der Waals surface area contributed by atoms with Crippen LogP contribution in [-0.4, -0.2) is 32.1 Å². The van der Waals surface area contributed by atoms with Gasteiger partial charge in [0.05, 0.1) is 6.10 Å². The van der Waals surface area contributed by atoms with Crippen LogP contribution in [0, 0.1) is 0 Å². The second-order valence-corrected chi connectivity index (χ2v) is 4.87. The number of carbonyl (C=O) groups is 1.